The maximum Gasteiger partial charge on any atom is 0.0736 e. The Bertz CT molecular complexity index is 284. The van der Waals surface area contributed by atoms with Crippen LogP contribution < -0.4 is 10.4 Å². The van der Waals surface area contributed by atoms with E-state index in [0.29, 0.717) is 12.2 Å². The molecule has 64 valence electrons. The van der Waals surface area contributed by atoms with Gasteiger partial charge in [0, 0.05) is 17.8 Å². The SMILES string of the molecule is CCNc1ccccc1C(=O)[O-]. The van der Waals surface area contributed by atoms with Gasteiger partial charge in [0.1, 0.15) is 0 Å². The van der Waals surface area contributed by atoms with Gasteiger partial charge >= 0.3 is 0 Å². The standard InChI is InChI=1S/C9H11NO2/c1-2-10-8-6-4-3-5-7(8)9(11)12/h3-6,10H,2H2,1H3,(H,11,12)/p-1. The second kappa shape index (κ2) is 3.76. The highest BCUT2D eigenvalue weighted by Gasteiger charge is 1.99. The summed E-state index contributed by atoms with van der Waals surface area (Å²) in [7, 11) is 0. The average molecular weight is 164 g/mol. The molecule has 0 aliphatic carbocycles. The lowest BCUT2D eigenvalue weighted by Crippen LogP contribution is -2.23. The molecule has 3 nitrogen and oxygen atoms in total. The average Bonchev–Trinajstić information content (AvgIpc) is 2.05. The lowest BCUT2D eigenvalue weighted by molar-refractivity contribution is -0.254. The molecule has 1 aromatic rings. The molecule has 0 spiro atoms. The highest BCUT2D eigenvalue weighted by molar-refractivity contribution is 5.92. The molecule has 0 aromatic heterocycles. The minimum absolute atomic E-state index is 0.208. The number of benzene rings is 1. The van der Waals surface area contributed by atoms with Crippen molar-refractivity contribution in [3.8, 4) is 0 Å². The molecule has 12 heavy (non-hydrogen) atoms. The van der Waals surface area contributed by atoms with E-state index in [0.717, 1.165) is 0 Å². The largest absolute Gasteiger partial charge is 0.545 e. The Morgan fingerprint density at radius 1 is 1.50 bits per heavy atom. The third-order valence-corrected chi connectivity index (χ3v) is 1.51. The number of anilines is 1. The monoisotopic (exact) mass is 164 g/mol. The molecule has 0 aliphatic heterocycles. The zero-order valence-electron chi connectivity index (χ0n) is 6.83. The van der Waals surface area contributed by atoms with E-state index in [9.17, 15) is 9.90 Å². The molecule has 0 unspecified atom stereocenters. The number of carboxylic acids is 1. The Morgan fingerprint density at radius 2 is 2.17 bits per heavy atom. The Hall–Kier alpha value is -1.51. The molecule has 0 bridgehead atoms. The van der Waals surface area contributed by atoms with Crippen LogP contribution in [-0.4, -0.2) is 12.5 Å². The zero-order valence-corrected chi connectivity index (χ0v) is 6.83. The number of aromatic carboxylic acids is 1. The number of rotatable bonds is 3. The summed E-state index contributed by atoms with van der Waals surface area (Å²) in [4.78, 5) is 10.5. The van der Waals surface area contributed by atoms with Gasteiger partial charge in [0.25, 0.3) is 0 Å². The fourth-order valence-electron chi connectivity index (χ4n) is 1.01. The molecule has 1 aromatic carbocycles. The van der Waals surface area contributed by atoms with E-state index in [1.54, 1.807) is 18.2 Å². The van der Waals surface area contributed by atoms with Gasteiger partial charge in [0.2, 0.25) is 0 Å². The van der Waals surface area contributed by atoms with Gasteiger partial charge in [-0.3, -0.25) is 0 Å². The minimum Gasteiger partial charge on any atom is -0.545 e. The minimum atomic E-state index is -1.15. The summed E-state index contributed by atoms with van der Waals surface area (Å²) in [5, 5.41) is 13.5. The normalized spacial score (nSPS) is 9.42. The summed E-state index contributed by atoms with van der Waals surface area (Å²) in [6, 6.07) is 6.69. The van der Waals surface area contributed by atoms with Crippen molar-refractivity contribution in [1.29, 1.82) is 0 Å². The van der Waals surface area contributed by atoms with Crippen molar-refractivity contribution in [2.24, 2.45) is 0 Å². The summed E-state index contributed by atoms with van der Waals surface area (Å²) < 4.78 is 0. The fourth-order valence-corrected chi connectivity index (χ4v) is 1.01. The van der Waals surface area contributed by atoms with E-state index in [1.165, 1.54) is 6.07 Å². The molecule has 0 fully saturated rings. The lowest BCUT2D eigenvalue weighted by Gasteiger charge is -2.10. The van der Waals surface area contributed by atoms with Crippen LogP contribution in [0.15, 0.2) is 24.3 Å². The van der Waals surface area contributed by atoms with Crippen molar-refractivity contribution < 1.29 is 9.90 Å². The third kappa shape index (κ3) is 1.75. The van der Waals surface area contributed by atoms with E-state index < -0.39 is 5.97 Å². The topological polar surface area (TPSA) is 52.2 Å². The smallest absolute Gasteiger partial charge is 0.0736 e. The Kier molecular flexibility index (Phi) is 2.69. The molecule has 0 amide bonds. The Balaban J connectivity index is 3.00. The van der Waals surface area contributed by atoms with Gasteiger partial charge in [-0.05, 0) is 13.0 Å². The van der Waals surface area contributed by atoms with E-state index in [4.69, 9.17) is 0 Å². The second-order valence-electron chi connectivity index (χ2n) is 2.36. The molecule has 0 saturated carbocycles. The highest BCUT2D eigenvalue weighted by atomic mass is 16.4. The molecule has 0 heterocycles. The number of carbonyl (C=O) groups excluding carboxylic acids is 1. The lowest BCUT2D eigenvalue weighted by atomic mass is 10.2. The number of para-hydroxylation sites is 1. The van der Waals surface area contributed by atoms with Gasteiger partial charge in [0.05, 0.1) is 5.97 Å². The molecule has 0 radical (unpaired) electrons. The first-order valence-corrected chi connectivity index (χ1v) is 3.80. The highest BCUT2D eigenvalue weighted by Crippen LogP contribution is 2.12. The van der Waals surface area contributed by atoms with Crippen LogP contribution in [0.4, 0.5) is 5.69 Å². The molecule has 0 aliphatic rings. The van der Waals surface area contributed by atoms with Gasteiger partial charge in [-0.15, -0.1) is 0 Å². The first-order valence-electron chi connectivity index (χ1n) is 3.80. The maximum atomic E-state index is 10.5. The Labute approximate surface area is 71.0 Å². The van der Waals surface area contributed by atoms with E-state index in [-0.39, 0.29) is 5.56 Å². The fraction of sp³-hybridized carbons (Fsp3) is 0.222. The molecule has 0 saturated heterocycles. The van der Waals surface area contributed by atoms with Crippen molar-refractivity contribution in [2.75, 3.05) is 11.9 Å². The summed E-state index contributed by atoms with van der Waals surface area (Å²) >= 11 is 0. The maximum absolute atomic E-state index is 10.5. The molecular weight excluding hydrogens is 154 g/mol. The number of hydrogen-bond acceptors (Lipinski definition) is 3. The predicted octanol–water partition coefficient (Wildman–Crippen LogP) is 0.482. The number of nitrogens with one attached hydrogen (secondary N) is 1. The van der Waals surface area contributed by atoms with Crippen LogP contribution in [-0.2, 0) is 0 Å². The third-order valence-electron chi connectivity index (χ3n) is 1.51. The van der Waals surface area contributed by atoms with Crippen LogP contribution in [0.3, 0.4) is 0 Å². The zero-order chi connectivity index (χ0) is 8.97. The van der Waals surface area contributed by atoms with Crippen molar-refractivity contribution in [3.63, 3.8) is 0 Å². The summed E-state index contributed by atoms with van der Waals surface area (Å²) in [6.45, 7) is 2.61. The van der Waals surface area contributed by atoms with E-state index in [2.05, 4.69) is 5.32 Å². The molecule has 3 heteroatoms. The summed E-state index contributed by atoms with van der Waals surface area (Å²) in [5.41, 5.74) is 0.819. The quantitative estimate of drug-likeness (QED) is 0.707. The molecule has 1 rings (SSSR count). The van der Waals surface area contributed by atoms with Crippen LogP contribution in [0.1, 0.15) is 17.3 Å². The van der Waals surface area contributed by atoms with Crippen LogP contribution in [0.25, 0.3) is 0 Å². The first kappa shape index (κ1) is 8.59. The van der Waals surface area contributed by atoms with Crippen LogP contribution in [0.5, 0.6) is 0 Å². The van der Waals surface area contributed by atoms with E-state index >= 15 is 0 Å². The molecule has 1 N–H and O–H groups in total. The second-order valence-corrected chi connectivity index (χ2v) is 2.36. The van der Waals surface area contributed by atoms with Gasteiger partial charge in [0.15, 0.2) is 0 Å². The van der Waals surface area contributed by atoms with Crippen molar-refractivity contribution in [2.45, 2.75) is 6.92 Å². The van der Waals surface area contributed by atoms with Gasteiger partial charge in [-0.25, -0.2) is 0 Å². The molecule has 0 atom stereocenters. The molecular formula is C9H10NO2-. The van der Waals surface area contributed by atoms with Crippen LogP contribution in [0, 0.1) is 0 Å². The summed E-state index contributed by atoms with van der Waals surface area (Å²) in [6.07, 6.45) is 0. The van der Waals surface area contributed by atoms with Crippen molar-refractivity contribution in [1.82, 2.24) is 0 Å². The van der Waals surface area contributed by atoms with Gasteiger partial charge < -0.3 is 15.2 Å². The summed E-state index contributed by atoms with van der Waals surface area (Å²) in [5.74, 6) is -1.15. The van der Waals surface area contributed by atoms with Crippen molar-refractivity contribution >= 4 is 11.7 Å². The predicted molar refractivity (Wildman–Crippen MR) is 44.9 cm³/mol. The van der Waals surface area contributed by atoms with Gasteiger partial charge in [-0.1, -0.05) is 18.2 Å². The number of carboxylic acid groups (broad SMARTS) is 1. The van der Waals surface area contributed by atoms with Crippen molar-refractivity contribution in [3.05, 3.63) is 29.8 Å². The van der Waals surface area contributed by atoms with Crippen LogP contribution in [0.2, 0.25) is 0 Å². The Morgan fingerprint density at radius 3 is 2.75 bits per heavy atom. The first-order chi connectivity index (χ1) is 5.75. The van der Waals surface area contributed by atoms with Crippen LogP contribution >= 0.6 is 0 Å². The number of carbonyl (C=O) groups is 1. The number of hydrogen-bond donors (Lipinski definition) is 1. The van der Waals surface area contributed by atoms with Gasteiger partial charge in [-0.2, -0.15) is 0 Å². The van der Waals surface area contributed by atoms with E-state index in [1.807, 2.05) is 6.92 Å².